The van der Waals surface area contributed by atoms with Crippen LogP contribution in [0.2, 0.25) is 0 Å². The molecule has 4 N–H and O–H groups in total. The number of hydrogen-bond donors (Lipinski definition) is 4. The van der Waals surface area contributed by atoms with Gasteiger partial charge in [-0.1, -0.05) is 49.6 Å². The van der Waals surface area contributed by atoms with E-state index >= 15 is 0 Å². The number of amides is 3. The maximum absolute atomic E-state index is 13.9. The minimum absolute atomic E-state index is 0.0672. The summed E-state index contributed by atoms with van der Waals surface area (Å²) in [7, 11) is 2.10. The minimum Gasteiger partial charge on any atom is -0.390 e. The number of likely N-dealkylation sites (N-methyl/N-ethyl adjacent to an activating group) is 1. The van der Waals surface area contributed by atoms with Crippen LogP contribution in [0.15, 0.2) is 48.5 Å². The van der Waals surface area contributed by atoms with E-state index in [0.717, 1.165) is 75.2 Å². The monoisotopic (exact) mass is 618 g/mol. The molecule has 2 aromatic carbocycles. The van der Waals surface area contributed by atoms with Crippen LogP contribution in [0.5, 0.6) is 0 Å². The third-order valence-electron chi connectivity index (χ3n) is 9.48. The average Bonchev–Trinajstić information content (AvgIpc) is 3.49. The topological polar surface area (TPSA) is 117 Å². The summed E-state index contributed by atoms with van der Waals surface area (Å²) in [5.41, 5.74) is 3.10. The smallest absolute Gasteiger partial charge is 0.251 e. The Morgan fingerprint density at radius 2 is 1.64 bits per heavy atom. The minimum atomic E-state index is -0.945. The third kappa shape index (κ3) is 9.05. The molecule has 3 atom stereocenters. The van der Waals surface area contributed by atoms with Crippen molar-refractivity contribution >= 4 is 29.1 Å². The van der Waals surface area contributed by atoms with Crippen LogP contribution in [0.4, 0.5) is 11.4 Å². The van der Waals surface area contributed by atoms with Crippen molar-refractivity contribution in [2.45, 2.75) is 82.5 Å². The van der Waals surface area contributed by atoms with Crippen molar-refractivity contribution in [1.29, 1.82) is 0 Å². The Morgan fingerprint density at radius 3 is 2.33 bits per heavy atom. The number of anilines is 2. The Hall–Kier alpha value is -3.47. The van der Waals surface area contributed by atoms with Gasteiger partial charge in [0.15, 0.2) is 0 Å². The molecule has 0 unspecified atom stereocenters. The first-order valence-corrected chi connectivity index (χ1v) is 16.7. The molecule has 0 bridgehead atoms. The summed E-state index contributed by atoms with van der Waals surface area (Å²) in [5, 5.41) is 20.8. The Morgan fingerprint density at radius 1 is 0.933 bits per heavy atom. The molecule has 0 aromatic heterocycles. The van der Waals surface area contributed by atoms with Crippen LogP contribution in [-0.4, -0.2) is 98.3 Å². The molecule has 2 aliphatic heterocycles. The Balaban J connectivity index is 1.31. The first-order valence-electron chi connectivity index (χ1n) is 16.7. The molecule has 1 saturated carbocycles. The molecule has 3 amide bonds. The van der Waals surface area contributed by atoms with E-state index in [1.807, 2.05) is 42.5 Å². The molecule has 3 fully saturated rings. The molecule has 0 radical (unpaired) electrons. The quantitative estimate of drug-likeness (QED) is 0.289. The van der Waals surface area contributed by atoms with Gasteiger partial charge in [0.05, 0.1) is 18.2 Å². The van der Waals surface area contributed by atoms with Crippen molar-refractivity contribution in [3.63, 3.8) is 0 Å². The van der Waals surface area contributed by atoms with Gasteiger partial charge in [-0.05, 0) is 63.4 Å². The zero-order valence-corrected chi connectivity index (χ0v) is 26.8. The standard InChI is InChI=1S/C35H50N6O4/c1-25(34(44)37-28-12-7-4-8-13-28)36-24-32(42)31(20-26-10-5-3-6-11-26)38-35(45)27-21-29(40-18-16-39(2)17-19-40)23-30(22-27)41-15-9-14-33(41)43/h3,5-6,10-11,21-23,25,28,31-32,36,42H,4,7-9,12-20,24H2,1-2H3,(H,37,44)(H,38,45)/t25-,31-,32+/m0/s1. The second kappa shape index (κ2) is 15.7. The fourth-order valence-corrected chi connectivity index (χ4v) is 6.56. The summed E-state index contributed by atoms with van der Waals surface area (Å²) in [6.07, 6.45) is 6.31. The fraction of sp³-hybridized carbons (Fsp3) is 0.571. The molecule has 3 aliphatic rings. The molecule has 244 valence electrons. The molecule has 45 heavy (non-hydrogen) atoms. The molecule has 0 spiro atoms. The Bertz CT molecular complexity index is 1290. The number of nitrogens with one attached hydrogen (secondary N) is 3. The first-order chi connectivity index (χ1) is 21.8. The van der Waals surface area contributed by atoms with E-state index in [0.29, 0.717) is 24.9 Å². The SMILES string of the molecule is C[C@H](NC[C@@H](O)[C@H](Cc1ccccc1)NC(=O)c1cc(N2CCN(C)CC2)cc(N2CCCC2=O)c1)C(=O)NC1CCCCC1. The van der Waals surface area contributed by atoms with E-state index in [1.54, 1.807) is 17.9 Å². The van der Waals surface area contributed by atoms with Gasteiger partial charge in [-0.25, -0.2) is 0 Å². The van der Waals surface area contributed by atoms with Gasteiger partial charge in [-0.2, -0.15) is 0 Å². The van der Waals surface area contributed by atoms with Crippen molar-refractivity contribution in [3.05, 3.63) is 59.7 Å². The van der Waals surface area contributed by atoms with Crippen molar-refractivity contribution < 1.29 is 19.5 Å². The van der Waals surface area contributed by atoms with Gasteiger partial charge in [0.2, 0.25) is 11.8 Å². The van der Waals surface area contributed by atoms with Gasteiger partial charge in [0.25, 0.3) is 5.91 Å². The number of carbonyl (C=O) groups is 3. The first kappa shape index (κ1) is 32.9. The van der Waals surface area contributed by atoms with Crippen LogP contribution >= 0.6 is 0 Å². The van der Waals surface area contributed by atoms with Crippen molar-refractivity contribution in [1.82, 2.24) is 20.9 Å². The molecule has 10 heteroatoms. The maximum Gasteiger partial charge on any atom is 0.251 e. The molecule has 2 aromatic rings. The summed E-state index contributed by atoms with van der Waals surface area (Å²) < 4.78 is 0. The number of rotatable bonds is 12. The highest BCUT2D eigenvalue weighted by molar-refractivity contribution is 6.00. The van der Waals surface area contributed by atoms with E-state index in [4.69, 9.17) is 0 Å². The number of piperazine rings is 1. The van der Waals surface area contributed by atoms with Crippen molar-refractivity contribution in [3.8, 4) is 0 Å². The van der Waals surface area contributed by atoms with Gasteiger partial charge >= 0.3 is 0 Å². The summed E-state index contributed by atoms with van der Waals surface area (Å²) >= 11 is 0. The molecule has 10 nitrogen and oxygen atoms in total. The lowest BCUT2D eigenvalue weighted by molar-refractivity contribution is -0.123. The number of aliphatic hydroxyl groups excluding tert-OH is 1. The van der Waals surface area contributed by atoms with Crippen LogP contribution < -0.4 is 25.8 Å². The molecule has 5 rings (SSSR count). The van der Waals surface area contributed by atoms with E-state index in [2.05, 4.69) is 32.8 Å². The zero-order chi connectivity index (χ0) is 31.8. The Labute approximate surface area is 267 Å². The molecule has 1 aliphatic carbocycles. The van der Waals surface area contributed by atoms with E-state index in [1.165, 1.54) is 6.42 Å². The number of aliphatic hydroxyl groups is 1. The van der Waals surface area contributed by atoms with E-state index < -0.39 is 18.2 Å². The number of nitrogens with zero attached hydrogens (tertiary/aromatic N) is 3. The van der Waals surface area contributed by atoms with Crippen molar-refractivity contribution in [2.75, 3.05) is 56.1 Å². The van der Waals surface area contributed by atoms with Gasteiger partial charge in [0, 0.05) is 68.7 Å². The second-order valence-electron chi connectivity index (χ2n) is 13.0. The van der Waals surface area contributed by atoms with Crippen LogP contribution in [0.25, 0.3) is 0 Å². The third-order valence-corrected chi connectivity index (χ3v) is 9.48. The highest BCUT2D eigenvalue weighted by Gasteiger charge is 2.28. The predicted octanol–water partition coefficient (Wildman–Crippen LogP) is 2.69. The fourth-order valence-electron chi connectivity index (χ4n) is 6.56. The van der Waals surface area contributed by atoms with Gasteiger partial charge < -0.3 is 35.8 Å². The van der Waals surface area contributed by atoms with Gasteiger partial charge in [0.1, 0.15) is 0 Å². The molecule has 2 heterocycles. The Kier molecular flexibility index (Phi) is 11.5. The lowest BCUT2D eigenvalue weighted by Gasteiger charge is -2.35. The highest BCUT2D eigenvalue weighted by Crippen LogP contribution is 2.29. The van der Waals surface area contributed by atoms with Crippen LogP contribution in [0.3, 0.4) is 0 Å². The number of benzene rings is 2. The highest BCUT2D eigenvalue weighted by atomic mass is 16.3. The van der Waals surface area contributed by atoms with E-state index in [-0.39, 0.29) is 30.3 Å². The lowest BCUT2D eigenvalue weighted by atomic mass is 9.95. The van der Waals surface area contributed by atoms with Crippen LogP contribution in [0.1, 0.15) is 67.8 Å². The van der Waals surface area contributed by atoms with E-state index in [9.17, 15) is 19.5 Å². The maximum atomic E-state index is 13.9. The van der Waals surface area contributed by atoms with Crippen LogP contribution in [0, 0.1) is 0 Å². The van der Waals surface area contributed by atoms with Crippen molar-refractivity contribution in [2.24, 2.45) is 0 Å². The molecule has 2 saturated heterocycles. The summed E-state index contributed by atoms with van der Waals surface area (Å²) in [6.45, 7) is 6.10. The molecular formula is C35H50N6O4. The number of hydrogen-bond acceptors (Lipinski definition) is 7. The second-order valence-corrected chi connectivity index (χ2v) is 13.0. The molecular weight excluding hydrogens is 568 g/mol. The lowest BCUT2D eigenvalue weighted by Crippen LogP contribution is -2.53. The van der Waals surface area contributed by atoms with Gasteiger partial charge in [-0.15, -0.1) is 0 Å². The van der Waals surface area contributed by atoms with Crippen LogP contribution in [-0.2, 0) is 16.0 Å². The number of carbonyl (C=O) groups excluding carboxylic acids is 3. The summed E-state index contributed by atoms with van der Waals surface area (Å²) in [4.78, 5) is 45.7. The summed E-state index contributed by atoms with van der Waals surface area (Å²) in [6, 6.07) is 14.6. The summed E-state index contributed by atoms with van der Waals surface area (Å²) in [5.74, 6) is -0.300. The zero-order valence-electron chi connectivity index (χ0n) is 26.8. The average molecular weight is 619 g/mol. The predicted molar refractivity (Wildman–Crippen MR) is 178 cm³/mol. The van der Waals surface area contributed by atoms with Gasteiger partial charge in [-0.3, -0.25) is 14.4 Å². The normalized spacial score (nSPS) is 20.1. The largest absolute Gasteiger partial charge is 0.390 e.